The lowest BCUT2D eigenvalue weighted by atomic mass is 9.81. The lowest BCUT2D eigenvalue weighted by Gasteiger charge is -2.33. The molecule has 0 fully saturated rings. The average Bonchev–Trinajstić information content (AvgIpc) is 2.32. The minimum atomic E-state index is 0.161. The van der Waals surface area contributed by atoms with E-state index in [-0.39, 0.29) is 5.54 Å². The van der Waals surface area contributed by atoms with Gasteiger partial charge in [0.25, 0.3) is 0 Å². The highest BCUT2D eigenvalue weighted by Crippen LogP contribution is 2.27. The summed E-state index contributed by atoms with van der Waals surface area (Å²) in [5.41, 5.74) is 3.38. The molecule has 0 heterocycles. The number of benzene rings is 1. The third-order valence-electron chi connectivity index (χ3n) is 3.49. The largest absolute Gasteiger partial charge is 0.319 e. The fraction of sp³-hybridized carbons (Fsp3) is 0.667. The molecule has 2 N–H and O–H groups in total. The fourth-order valence-electron chi connectivity index (χ4n) is 2.96. The molecule has 0 aromatic heterocycles. The molecule has 1 aromatic rings. The maximum Gasteiger partial charge on any atom is 0.0213 e. The van der Waals surface area contributed by atoms with Gasteiger partial charge < -0.3 is 10.6 Å². The van der Waals surface area contributed by atoms with Crippen LogP contribution in [-0.2, 0) is 13.0 Å². The molecule has 0 unspecified atom stereocenters. The Hall–Kier alpha value is -0.860. The van der Waals surface area contributed by atoms with Crippen molar-refractivity contribution in [3.8, 4) is 0 Å². The number of hydrogen-bond donors (Lipinski definition) is 2. The van der Waals surface area contributed by atoms with Crippen LogP contribution in [0.25, 0.3) is 0 Å². The molecule has 114 valence electrons. The Balaban J connectivity index is 2.65. The van der Waals surface area contributed by atoms with E-state index in [1.165, 1.54) is 17.5 Å². The van der Waals surface area contributed by atoms with Crippen molar-refractivity contribution in [1.29, 1.82) is 0 Å². The minimum Gasteiger partial charge on any atom is -0.319 e. The molecular formula is C18H32N2. The lowest BCUT2D eigenvalue weighted by molar-refractivity contribution is 0.240. The van der Waals surface area contributed by atoms with Crippen LogP contribution < -0.4 is 10.6 Å². The standard InChI is InChI=1S/C18H32N2/c1-17(2,3)14-18(4,5)20-13-16-10-8-7-9-15(16)11-12-19-6/h7-10,19-20H,11-14H2,1-6H3. The van der Waals surface area contributed by atoms with Crippen molar-refractivity contribution in [1.82, 2.24) is 10.6 Å². The highest BCUT2D eigenvalue weighted by molar-refractivity contribution is 5.27. The van der Waals surface area contributed by atoms with Gasteiger partial charge in [0, 0.05) is 12.1 Å². The van der Waals surface area contributed by atoms with Crippen LogP contribution in [0.3, 0.4) is 0 Å². The summed E-state index contributed by atoms with van der Waals surface area (Å²) in [5.74, 6) is 0. The predicted molar refractivity (Wildman–Crippen MR) is 89.1 cm³/mol. The van der Waals surface area contributed by atoms with Gasteiger partial charge in [-0.05, 0) is 56.8 Å². The van der Waals surface area contributed by atoms with Crippen LogP contribution in [0, 0.1) is 5.41 Å². The van der Waals surface area contributed by atoms with E-state index in [1.807, 2.05) is 7.05 Å². The van der Waals surface area contributed by atoms with Gasteiger partial charge in [0.2, 0.25) is 0 Å². The van der Waals surface area contributed by atoms with E-state index in [2.05, 4.69) is 69.5 Å². The molecule has 0 saturated heterocycles. The van der Waals surface area contributed by atoms with Crippen molar-refractivity contribution in [3.63, 3.8) is 0 Å². The average molecular weight is 276 g/mol. The summed E-state index contributed by atoms with van der Waals surface area (Å²) >= 11 is 0. The SMILES string of the molecule is CNCCc1ccccc1CNC(C)(C)CC(C)(C)C. The van der Waals surface area contributed by atoms with E-state index in [4.69, 9.17) is 0 Å². The molecule has 0 amide bonds. The van der Waals surface area contributed by atoms with Crippen LogP contribution in [0.4, 0.5) is 0 Å². The highest BCUT2D eigenvalue weighted by atomic mass is 15.0. The second kappa shape index (κ2) is 7.24. The molecule has 0 aliphatic heterocycles. The smallest absolute Gasteiger partial charge is 0.0213 e. The zero-order valence-corrected chi connectivity index (χ0v) is 14.1. The van der Waals surface area contributed by atoms with Gasteiger partial charge in [0.05, 0.1) is 0 Å². The van der Waals surface area contributed by atoms with Crippen LogP contribution >= 0.6 is 0 Å². The number of nitrogens with one attached hydrogen (secondary N) is 2. The molecule has 0 aliphatic carbocycles. The maximum atomic E-state index is 3.73. The van der Waals surface area contributed by atoms with Crippen LogP contribution in [-0.4, -0.2) is 19.1 Å². The summed E-state index contributed by atoms with van der Waals surface area (Å²) in [4.78, 5) is 0. The van der Waals surface area contributed by atoms with E-state index in [1.54, 1.807) is 0 Å². The van der Waals surface area contributed by atoms with Crippen LogP contribution in [0.1, 0.15) is 52.2 Å². The first-order valence-corrected chi connectivity index (χ1v) is 7.70. The summed E-state index contributed by atoms with van der Waals surface area (Å²) in [7, 11) is 2.01. The summed E-state index contributed by atoms with van der Waals surface area (Å²) in [5, 5.41) is 6.95. The Morgan fingerprint density at radius 1 is 0.950 bits per heavy atom. The van der Waals surface area contributed by atoms with Gasteiger partial charge in [-0.1, -0.05) is 45.0 Å². The molecule has 2 heteroatoms. The number of hydrogen-bond acceptors (Lipinski definition) is 2. The first-order chi connectivity index (χ1) is 9.23. The third kappa shape index (κ3) is 6.53. The van der Waals surface area contributed by atoms with Gasteiger partial charge in [-0.25, -0.2) is 0 Å². The number of likely N-dealkylation sites (N-methyl/N-ethyl adjacent to an activating group) is 1. The molecule has 0 bridgehead atoms. The van der Waals surface area contributed by atoms with E-state index in [9.17, 15) is 0 Å². The first kappa shape index (κ1) is 17.2. The van der Waals surface area contributed by atoms with Gasteiger partial charge >= 0.3 is 0 Å². The topological polar surface area (TPSA) is 24.1 Å². The predicted octanol–water partition coefficient (Wildman–Crippen LogP) is 3.75. The summed E-state index contributed by atoms with van der Waals surface area (Å²) in [6, 6.07) is 8.75. The number of rotatable bonds is 7. The van der Waals surface area contributed by atoms with Crippen molar-refractivity contribution in [2.75, 3.05) is 13.6 Å². The van der Waals surface area contributed by atoms with Gasteiger partial charge in [-0.15, -0.1) is 0 Å². The van der Waals surface area contributed by atoms with Crippen LogP contribution in [0.5, 0.6) is 0 Å². The Morgan fingerprint density at radius 2 is 1.55 bits per heavy atom. The minimum absolute atomic E-state index is 0.161. The second-order valence-electron chi connectivity index (χ2n) is 7.60. The Kier molecular flexibility index (Phi) is 6.22. The molecule has 2 nitrogen and oxygen atoms in total. The fourth-order valence-corrected chi connectivity index (χ4v) is 2.96. The monoisotopic (exact) mass is 276 g/mol. The molecule has 20 heavy (non-hydrogen) atoms. The van der Waals surface area contributed by atoms with E-state index in [0.29, 0.717) is 5.41 Å². The van der Waals surface area contributed by atoms with Crippen molar-refractivity contribution >= 4 is 0 Å². The summed E-state index contributed by atoms with van der Waals surface area (Å²) in [6.07, 6.45) is 2.26. The first-order valence-electron chi connectivity index (χ1n) is 7.70. The van der Waals surface area contributed by atoms with Crippen molar-refractivity contribution < 1.29 is 0 Å². The zero-order valence-electron chi connectivity index (χ0n) is 14.1. The van der Waals surface area contributed by atoms with Gasteiger partial charge in [0.15, 0.2) is 0 Å². The molecule has 0 atom stereocenters. The summed E-state index contributed by atoms with van der Waals surface area (Å²) < 4.78 is 0. The van der Waals surface area contributed by atoms with Crippen LogP contribution in [0.2, 0.25) is 0 Å². The normalized spacial score (nSPS) is 12.7. The molecule has 1 rings (SSSR count). The molecule has 0 radical (unpaired) electrons. The maximum absolute atomic E-state index is 3.73. The van der Waals surface area contributed by atoms with Crippen molar-refractivity contribution in [2.45, 2.75) is 59.5 Å². The quantitative estimate of drug-likeness (QED) is 0.792. The summed E-state index contributed by atoms with van der Waals surface area (Å²) in [6.45, 7) is 13.5. The Labute approximate surface area is 125 Å². The molecule has 0 aliphatic rings. The van der Waals surface area contributed by atoms with E-state index >= 15 is 0 Å². The second-order valence-corrected chi connectivity index (χ2v) is 7.60. The van der Waals surface area contributed by atoms with Gasteiger partial charge in [-0.2, -0.15) is 0 Å². The van der Waals surface area contributed by atoms with Crippen LogP contribution in [0.15, 0.2) is 24.3 Å². The van der Waals surface area contributed by atoms with Crippen molar-refractivity contribution in [2.24, 2.45) is 5.41 Å². The Morgan fingerprint density at radius 3 is 2.10 bits per heavy atom. The van der Waals surface area contributed by atoms with Crippen molar-refractivity contribution in [3.05, 3.63) is 35.4 Å². The van der Waals surface area contributed by atoms with Gasteiger partial charge in [-0.3, -0.25) is 0 Å². The lowest BCUT2D eigenvalue weighted by Crippen LogP contribution is -2.42. The van der Waals surface area contributed by atoms with E-state index < -0.39 is 0 Å². The van der Waals surface area contributed by atoms with E-state index in [0.717, 1.165) is 19.5 Å². The highest BCUT2D eigenvalue weighted by Gasteiger charge is 2.24. The Bertz CT molecular complexity index is 402. The molecule has 0 spiro atoms. The molecule has 0 saturated carbocycles. The van der Waals surface area contributed by atoms with Gasteiger partial charge in [0.1, 0.15) is 0 Å². The molecule has 1 aromatic carbocycles. The zero-order chi connectivity index (χ0) is 15.2. The third-order valence-corrected chi connectivity index (χ3v) is 3.49. The molecular weight excluding hydrogens is 244 g/mol.